The van der Waals surface area contributed by atoms with Gasteiger partial charge in [0.15, 0.2) is 0 Å². The predicted molar refractivity (Wildman–Crippen MR) is 148 cm³/mol. The van der Waals surface area contributed by atoms with Gasteiger partial charge in [-0.2, -0.15) is 5.01 Å². The Labute approximate surface area is 230 Å². The van der Waals surface area contributed by atoms with Crippen LogP contribution in [0.1, 0.15) is 49.7 Å². The van der Waals surface area contributed by atoms with Gasteiger partial charge in [-0.05, 0) is 63.8 Å². The summed E-state index contributed by atoms with van der Waals surface area (Å²) in [6.07, 6.45) is -1.38. The van der Waals surface area contributed by atoms with Crippen LogP contribution in [-0.4, -0.2) is 50.7 Å². The first kappa shape index (κ1) is 29.6. The quantitative estimate of drug-likeness (QED) is 0.346. The average Bonchev–Trinajstić information content (AvgIpc) is 2.89. The zero-order chi connectivity index (χ0) is 28.3. The van der Waals surface area contributed by atoms with Crippen LogP contribution in [0.4, 0.5) is 9.59 Å². The number of carbonyl (C=O) groups is 2. The first-order valence-corrected chi connectivity index (χ1v) is 13.0. The predicted octanol–water partition coefficient (Wildman–Crippen LogP) is 5.18. The first-order valence-electron chi connectivity index (χ1n) is 13.0. The third kappa shape index (κ3) is 10.7. The van der Waals surface area contributed by atoms with E-state index in [0.717, 1.165) is 21.9 Å². The highest BCUT2D eigenvalue weighted by Crippen LogP contribution is 2.15. The van der Waals surface area contributed by atoms with E-state index >= 15 is 0 Å². The Morgan fingerprint density at radius 3 is 2.21 bits per heavy atom. The number of nitrogens with zero attached hydrogens (tertiary/aromatic N) is 3. The van der Waals surface area contributed by atoms with E-state index in [9.17, 15) is 14.7 Å². The van der Waals surface area contributed by atoms with Crippen molar-refractivity contribution in [2.75, 3.05) is 6.54 Å². The highest BCUT2D eigenvalue weighted by atomic mass is 16.6. The fraction of sp³-hybridized carbons (Fsp3) is 0.367. The van der Waals surface area contributed by atoms with Crippen molar-refractivity contribution in [1.82, 2.24) is 20.5 Å². The van der Waals surface area contributed by atoms with Gasteiger partial charge >= 0.3 is 12.2 Å². The van der Waals surface area contributed by atoms with Crippen LogP contribution < -0.4 is 5.43 Å². The maximum atomic E-state index is 13.3. The summed E-state index contributed by atoms with van der Waals surface area (Å²) in [6.45, 7) is 7.25. The number of aliphatic hydroxyl groups is 1. The number of aryl methyl sites for hydroxylation is 2. The Morgan fingerprint density at radius 2 is 1.59 bits per heavy atom. The fourth-order valence-electron chi connectivity index (χ4n) is 3.78. The summed E-state index contributed by atoms with van der Waals surface area (Å²) < 4.78 is 11.0. The van der Waals surface area contributed by atoms with Crippen LogP contribution in [0, 0.1) is 6.92 Å². The van der Waals surface area contributed by atoms with E-state index in [1.807, 2.05) is 85.8 Å². The lowest BCUT2D eigenvalue weighted by molar-refractivity contribution is -0.0962. The average molecular weight is 535 g/mol. The molecule has 39 heavy (non-hydrogen) atoms. The second kappa shape index (κ2) is 14.3. The molecule has 9 heteroatoms. The van der Waals surface area contributed by atoms with Gasteiger partial charge in [-0.25, -0.2) is 15.0 Å². The zero-order valence-corrected chi connectivity index (χ0v) is 23.0. The number of pyridine rings is 1. The molecule has 0 radical (unpaired) electrons. The van der Waals surface area contributed by atoms with Crippen LogP contribution in [0.3, 0.4) is 0 Å². The molecule has 0 bridgehead atoms. The summed E-state index contributed by atoms with van der Waals surface area (Å²) in [5.74, 6) is 0. The maximum absolute atomic E-state index is 13.3. The van der Waals surface area contributed by atoms with E-state index in [-0.39, 0.29) is 19.7 Å². The first-order chi connectivity index (χ1) is 18.6. The van der Waals surface area contributed by atoms with Gasteiger partial charge in [0.05, 0.1) is 18.3 Å². The van der Waals surface area contributed by atoms with Crippen molar-refractivity contribution in [3.63, 3.8) is 0 Å². The number of carbonyl (C=O) groups excluding carboxylic acids is 2. The Morgan fingerprint density at radius 1 is 0.949 bits per heavy atom. The second-order valence-corrected chi connectivity index (χ2v) is 10.3. The van der Waals surface area contributed by atoms with E-state index in [4.69, 9.17) is 9.47 Å². The second-order valence-electron chi connectivity index (χ2n) is 10.3. The minimum absolute atomic E-state index is 0.0218. The molecule has 0 fully saturated rings. The maximum Gasteiger partial charge on any atom is 0.444 e. The number of ether oxygens (including phenoxy) is 2. The van der Waals surface area contributed by atoms with Crippen LogP contribution in [-0.2, 0) is 29.0 Å². The summed E-state index contributed by atoms with van der Waals surface area (Å²) in [7, 11) is 0. The van der Waals surface area contributed by atoms with Gasteiger partial charge in [-0.1, -0.05) is 66.7 Å². The number of benzene rings is 2. The molecule has 1 atom stereocenters. The van der Waals surface area contributed by atoms with Crippen molar-refractivity contribution in [2.24, 2.45) is 0 Å². The molecule has 3 rings (SSSR count). The number of hydrazine groups is 2. The lowest BCUT2D eigenvalue weighted by atomic mass is 10.1. The molecular weight excluding hydrogens is 496 g/mol. The number of hydrogen-bond donors (Lipinski definition) is 2. The minimum Gasteiger partial charge on any atom is -0.443 e. The lowest BCUT2D eigenvalue weighted by Crippen LogP contribution is -2.58. The van der Waals surface area contributed by atoms with Crippen molar-refractivity contribution < 1.29 is 24.2 Å². The van der Waals surface area contributed by atoms with E-state index in [1.54, 1.807) is 20.8 Å². The van der Waals surface area contributed by atoms with Crippen LogP contribution in [0.5, 0.6) is 0 Å². The third-order valence-electron chi connectivity index (χ3n) is 5.58. The van der Waals surface area contributed by atoms with Gasteiger partial charge in [0.25, 0.3) is 0 Å². The van der Waals surface area contributed by atoms with Crippen molar-refractivity contribution >= 4 is 12.2 Å². The molecule has 0 aliphatic heterocycles. The molecule has 1 aromatic heterocycles. The molecular formula is C30H38N4O5. The highest BCUT2D eigenvalue weighted by Gasteiger charge is 2.31. The normalized spacial score (nSPS) is 12.1. The van der Waals surface area contributed by atoms with Gasteiger partial charge in [-0.3, -0.25) is 4.98 Å². The van der Waals surface area contributed by atoms with Gasteiger partial charge in [0.1, 0.15) is 12.2 Å². The van der Waals surface area contributed by atoms with Crippen LogP contribution >= 0.6 is 0 Å². The lowest BCUT2D eigenvalue weighted by Gasteiger charge is -2.36. The van der Waals surface area contributed by atoms with Crippen molar-refractivity contribution in [3.05, 3.63) is 101 Å². The number of rotatable bonds is 10. The van der Waals surface area contributed by atoms with Crippen LogP contribution in [0.25, 0.3) is 0 Å². The number of nitrogens with one attached hydrogen (secondary N) is 1. The SMILES string of the molecule is Cc1cccc(CN(C[C@@H](O)CCc2ccccc2)N(NC(=O)OCc2ccccc2)C(=O)OC(C)(C)C)n1. The van der Waals surface area contributed by atoms with Crippen molar-refractivity contribution in [1.29, 1.82) is 0 Å². The summed E-state index contributed by atoms with van der Waals surface area (Å²) in [4.78, 5) is 30.7. The summed E-state index contributed by atoms with van der Waals surface area (Å²) in [6, 6.07) is 24.6. The molecule has 0 saturated heterocycles. The number of aliphatic hydroxyl groups excluding tert-OH is 1. The number of aromatic nitrogens is 1. The molecule has 2 amide bonds. The molecule has 3 aromatic rings. The molecule has 9 nitrogen and oxygen atoms in total. The number of amides is 2. The standard InChI is InChI=1S/C30H38N4O5/c1-23-12-11-17-26(31-23)20-33(21-27(35)19-18-24-13-7-5-8-14-24)34(29(37)39-30(2,3)4)32-28(36)38-22-25-15-9-6-10-16-25/h5-17,27,35H,18-22H2,1-4H3,(H,32,36)/t27-/m0/s1. The van der Waals surface area contributed by atoms with Crippen LogP contribution in [0.15, 0.2) is 78.9 Å². The molecule has 0 aliphatic carbocycles. The van der Waals surface area contributed by atoms with E-state index < -0.39 is 23.9 Å². The van der Waals surface area contributed by atoms with Gasteiger partial charge < -0.3 is 14.6 Å². The number of hydrogen-bond acceptors (Lipinski definition) is 7. The van der Waals surface area contributed by atoms with Crippen molar-refractivity contribution in [3.8, 4) is 0 Å². The third-order valence-corrected chi connectivity index (χ3v) is 5.58. The summed E-state index contributed by atoms with van der Waals surface area (Å²) in [5.41, 5.74) is 5.02. The van der Waals surface area contributed by atoms with E-state index in [2.05, 4.69) is 10.4 Å². The molecule has 0 spiro atoms. The minimum atomic E-state index is -0.842. The van der Waals surface area contributed by atoms with Crippen LogP contribution in [0.2, 0.25) is 0 Å². The van der Waals surface area contributed by atoms with Gasteiger partial charge in [-0.15, -0.1) is 5.12 Å². The topological polar surface area (TPSA) is 104 Å². The molecule has 1 heterocycles. The largest absolute Gasteiger partial charge is 0.444 e. The smallest absolute Gasteiger partial charge is 0.443 e. The molecule has 0 unspecified atom stereocenters. The highest BCUT2D eigenvalue weighted by molar-refractivity contribution is 5.73. The molecule has 208 valence electrons. The van der Waals surface area contributed by atoms with E-state index in [1.165, 1.54) is 5.01 Å². The van der Waals surface area contributed by atoms with Gasteiger partial charge in [0.2, 0.25) is 0 Å². The molecule has 2 N–H and O–H groups in total. The molecule has 0 saturated carbocycles. The van der Waals surface area contributed by atoms with E-state index in [0.29, 0.717) is 18.5 Å². The Kier molecular flexibility index (Phi) is 10.8. The van der Waals surface area contributed by atoms with Gasteiger partial charge in [0, 0.05) is 12.2 Å². The summed E-state index contributed by atoms with van der Waals surface area (Å²) in [5, 5.41) is 13.5. The zero-order valence-electron chi connectivity index (χ0n) is 23.0. The molecule has 2 aromatic carbocycles. The monoisotopic (exact) mass is 534 g/mol. The fourth-order valence-corrected chi connectivity index (χ4v) is 3.78. The Bertz CT molecular complexity index is 1180. The Balaban J connectivity index is 1.80. The Hall–Kier alpha value is -3.95. The van der Waals surface area contributed by atoms with Crippen molar-refractivity contribution in [2.45, 2.75) is 65.4 Å². The summed E-state index contributed by atoms with van der Waals surface area (Å²) >= 11 is 0. The molecule has 0 aliphatic rings.